The van der Waals surface area contributed by atoms with Crippen molar-refractivity contribution >= 4 is 21.4 Å². The molecule has 1 aromatic carbocycles. The topological polar surface area (TPSA) is 95.7 Å². The summed E-state index contributed by atoms with van der Waals surface area (Å²) in [4.78, 5) is 2.44. The van der Waals surface area contributed by atoms with E-state index in [2.05, 4.69) is 9.62 Å². The van der Waals surface area contributed by atoms with Gasteiger partial charge in [-0.1, -0.05) is 0 Å². The van der Waals surface area contributed by atoms with E-state index in [1.165, 1.54) is 13.1 Å². The van der Waals surface area contributed by atoms with Gasteiger partial charge in [-0.05, 0) is 50.9 Å². The van der Waals surface area contributed by atoms with Gasteiger partial charge in [0, 0.05) is 12.1 Å². The molecule has 2 fully saturated rings. The molecule has 116 valence electrons. The summed E-state index contributed by atoms with van der Waals surface area (Å²) < 4.78 is 25.9. The van der Waals surface area contributed by atoms with Crippen LogP contribution >= 0.6 is 0 Å². The minimum absolute atomic E-state index is 0.177. The number of sulfonamides is 1. The Balaban J connectivity index is 1.94. The fourth-order valence-corrected chi connectivity index (χ4v) is 4.36. The number of anilines is 2. The lowest BCUT2D eigenvalue weighted by Crippen LogP contribution is -2.45. The van der Waals surface area contributed by atoms with Crippen LogP contribution in [-0.4, -0.2) is 38.8 Å². The van der Waals surface area contributed by atoms with Crippen molar-refractivity contribution in [3.05, 3.63) is 18.2 Å². The molecule has 2 atom stereocenters. The van der Waals surface area contributed by atoms with Crippen LogP contribution in [0.3, 0.4) is 0 Å². The van der Waals surface area contributed by atoms with Crippen molar-refractivity contribution in [1.29, 1.82) is 0 Å². The molecule has 2 heterocycles. The van der Waals surface area contributed by atoms with Gasteiger partial charge in [-0.2, -0.15) is 0 Å². The van der Waals surface area contributed by atoms with E-state index in [4.69, 9.17) is 5.73 Å². The monoisotopic (exact) mass is 311 g/mol. The number of aliphatic hydroxyl groups is 1. The van der Waals surface area contributed by atoms with Crippen molar-refractivity contribution in [3.8, 4) is 0 Å². The molecule has 0 aromatic heterocycles. The first-order chi connectivity index (χ1) is 9.92. The van der Waals surface area contributed by atoms with Crippen LogP contribution in [0.2, 0.25) is 0 Å². The SMILES string of the molecule is CNS(=O)(=O)c1ccc(N2C3CCC2CC(O)C3)c(N)c1. The first-order valence-corrected chi connectivity index (χ1v) is 8.70. The Kier molecular flexibility index (Phi) is 3.59. The van der Waals surface area contributed by atoms with Crippen LogP contribution in [0, 0.1) is 0 Å². The third-order valence-corrected chi connectivity index (χ3v) is 5.98. The van der Waals surface area contributed by atoms with Gasteiger partial charge in [0.15, 0.2) is 0 Å². The standard InChI is InChI=1S/C14H21N3O3S/c1-16-21(19,20)12-4-5-14(13(15)8-12)17-9-2-3-10(17)7-11(18)6-9/h4-5,8-11,16,18H,2-3,6-7,15H2,1H3. The summed E-state index contributed by atoms with van der Waals surface area (Å²) in [6, 6.07) is 5.47. The summed E-state index contributed by atoms with van der Waals surface area (Å²) in [5.74, 6) is 0. The average Bonchev–Trinajstić information content (AvgIpc) is 2.70. The van der Waals surface area contributed by atoms with Gasteiger partial charge < -0.3 is 15.7 Å². The first-order valence-electron chi connectivity index (χ1n) is 7.22. The van der Waals surface area contributed by atoms with Gasteiger partial charge in [0.05, 0.1) is 22.4 Å². The summed E-state index contributed by atoms with van der Waals surface area (Å²) in [7, 11) is -2.10. The fourth-order valence-electron chi connectivity index (χ4n) is 3.59. The third kappa shape index (κ3) is 2.49. The number of hydrogen-bond donors (Lipinski definition) is 3. The number of piperidine rings is 1. The van der Waals surface area contributed by atoms with E-state index in [9.17, 15) is 13.5 Å². The Morgan fingerprint density at radius 3 is 2.43 bits per heavy atom. The maximum Gasteiger partial charge on any atom is 0.240 e. The molecule has 2 aliphatic rings. The minimum Gasteiger partial charge on any atom is -0.397 e. The second-order valence-electron chi connectivity index (χ2n) is 5.85. The summed E-state index contributed by atoms with van der Waals surface area (Å²) >= 11 is 0. The molecule has 2 unspecified atom stereocenters. The van der Waals surface area contributed by atoms with Gasteiger partial charge in [0.2, 0.25) is 10.0 Å². The Morgan fingerprint density at radius 2 is 1.90 bits per heavy atom. The number of benzene rings is 1. The average molecular weight is 311 g/mol. The van der Waals surface area contributed by atoms with Crippen LogP contribution in [0.5, 0.6) is 0 Å². The van der Waals surface area contributed by atoms with Crippen LogP contribution in [0.4, 0.5) is 11.4 Å². The smallest absolute Gasteiger partial charge is 0.240 e. The maximum atomic E-state index is 11.8. The zero-order valence-corrected chi connectivity index (χ0v) is 12.8. The van der Waals surface area contributed by atoms with Crippen molar-refractivity contribution in [2.75, 3.05) is 17.7 Å². The van der Waals surface area contributed by atoms with Crippen LogP contribution < -0.4 is 15.4 Å². The number of nitrogens with two attached hydrogens (primary N) is 1. The van der Waals surface area contributed by atoms with Crippen molar-refractivity contribution in [3.63, 3.8) is 0 Å². The van der Waals surface area contributed by atoms with E-state index in [1.54, 1.807) is 12.1 Å². The minimum atomic E-state index is -3.48. The highest BCUT2D eigenvalue weighted by Crippen LogP contribution is 2.41. The molecule has 2 bridgehead atoms. The molecule has 2 saturated heterocycles. The van der Waals surface area contributed by atoms with Crippen molar-refractivity contribution in [2.45, 2.75) is 48.8 Å². The van der Waals surface area contributed by atoms with Gasteiger partial charge in [-0.3, -0.25) is 0 Å². The predicted molar refractivity (Wildman–Crippen MR) is 81.6 cm³/mol. The molecule has 3 rings (SSSR count). The highest BCUT2D eigenvalue weighted by Gasteiger charge is 2.40. The van der Waals surface area contributed by atoms with Gasteiger partial charge >= 0.3 is 0 Å². The summed E-state index contributed by atoms with van der Waals surface area (Å²) in [6.07, 6.45) is 3.39. The van der Waals surface area contributed by atoms with Crippen LogP contribution in [0.25, 0.3) is 0 Å². The molecule has 0 aliphatic carbocycles. The highest BCUT2D eigenvalue weighted by atomic mass is 32.2. The number of nitrogens with zero attached hydrogens (tertiary/aromatic N) is 1. The second-order valence-corrected chi connectivity index (χ2v) is 7.73. The predicted octanol–water partition coefficient (Wildman–Crippen LogP) is 0.669. The molecular formula is C14H21N3O3S. The molecule has 21 heavy (non-hydrogen) atoms. The van der Waals surface area contributed by atoms with E-state index in [0.717, 1.165) is 31.4 Å². The Morgan fingerprint density at radius 1 is 1.29 bits per heavy atom. The Hall–Kier alpha value is -1.31. The quantitative estimate of drug-likeness (QED) is 0.713. The first kappa shape index (κ1) is 14.6. The lowest BCUT2D eigenvalue weighted by molar-refractivity contribution is 0.126. The van der Waals surface area contributed by atoms with Crippen LogP contribution in [-0.2, 0) is 10.0 Å². The third-order valence-electron chi connectivity index (χ3n) is 4.56. The Labute approximate surface area is 125 Å². The molecule has 7 heteroatoms. The molecule has 6 nitrogen and oxygen atoms in total. The van der Waals surface area contributed by atoms with Crippen molar-refractivity contribution in [2.24, 2.45) is 0 Å². The largest absolute Gasteiger partial charge is 0.397 e. The zero-order valence-electron chi connectivity index (χ0n) is 12.0. The maximum absolute atomic E-state index is 11.8. The number of nitrogen functional groups attached to an aromatic ring is 1. The van der Waals surface area contributed by atoms with E-state index in [1.807, 2.05) is 0 Å². The zero-order chi connectivity index (χ0) is 15.2. The van der Waals surface area contributed by atoms with Gasteiger partial charge in [0.1, 0.15) is 0 Å². The van der Waals surface area contributed by atoms with E-state index >= 15 is 0 Å². The van der Waals surface area contributed by atoms with Crippen LogP contribution in [0.15, 0.2) is 23.1 Å². The molecule has 1 aromatic rings. The second kappa shape index (κ2) is 5.15. The number of fused-ring (bicyclic) bond motifs is 2. The lowest BCUT2D eigenvalue weighted by atomic mass is 9.99. The molecule has 2 aliphatic heterocycles. The van der Waals surface area contributed by atoms with Gasteiger partial charge in [0.25, 0.3) is 0 Å². The van der Waals surface area contributed by atoms with Crippen molar-refractivity contribution < 1.29 is 13.5 Å². The molecule has 0 amide bonds. The van der Waals surface area contributed by atoms with Crippen LogP contribution in [0.1, 0.15) is 25.7 Å². The number of rotatable bonds is 3. The normalized spacial score (nSPS) is 28.9. The number of aliphatic hydroxyl groups excluding tert-OH is 1. The van der Waals surface area contributed by atoms with Crippen molar-refractivity contribution in [1.82, 2.24) is 4.72 Å². The van der Waals surface area contributed by atoms with E-state index in [-0.39, 0.29) is 11.0 Å². The number of nitrogens with one attached hydrogen (secondary N) is 1. The summed E-state index contributed by atoms with van der Waals surface area (Å²) in [6.45, 7) is 0. The molecule has 0 radical (unpaired) electrons. The van der Waals surface area contributed by atoms with E-state index in [0.29, 0.717) is 17.8 Å². The molecule has 4 N–H and O–H groups in total. The van der Waals surface area contributed by atoms with Gasteiger partial charge in [-0.15, -0.1) is 0 Å². The molecular weight excluding hydrogens is 290 g/mol. The summed E-state index contributed by atoms with van der Waals surface area (Å²) in [5.41, 5.74) is 7.45. The molecule has 0 saturated carbocycles. The Bertz CT molecular complexity index is 633. The molecule has 0 spiro atoms. The number of hydrogen-bond acceptors (Lipinski definition) is 5. The van der Waals surface area contributed by atoms with Gasteiger partial charge in [-0.25, -0.2) is 13.1 Å². The van der Waals surface area contributed by atoms with E-state index < -0.39 is 10.0 Å². The fraction of sp³-hybridized carbons (Fsp3) is 0.571. The highest BCUT2D eigenvalue weighted by molar-refractivity contribution is 7.89. The summed E-state index contributed by atoms with van der Waals surface area (Å²) in [5, 5.41) is 9.86. The lowest BCUT2D eigenvalue weighted by Gasteiger charge is -2.39.